The molecular weight excluding hydrogens is 538 g/mol. The molecule has 2 unspecified atom stereocenters. The molecule has 2 aliphatic rings. The standard InChI is InChI=1S/C39H29N5/c40-38(27-13-3-1-4-14-27)42-39(28-15-5-2-6-16-28)41-26-43-34-20-10-7-17-30(34)33-24-23-29(25-37(33)43)44-35-21-11-8-18-31(35)32-19-9-12-22-36(32)44/h1-26,31,35,40H/b40-38?,41-26+,42-39-. The molecule has 0 fully saturated rings. The maximum absolute atomic E-state index is 8.70. The van der Waals surface area contributed by atoms with Crippen molar-refractivity contribution in [1.82, 2.24) is 4.57 Å². The van der Waals surface area contributed by atoms with E-state index >= 15 is 0 Å². The van der Waals surface area contributed by atoms with E-state index in [4.69, 9.17) is 15.4 Å². The van der Waals surface area contributed by atoms with Gasteiger partial charge in [0.2, 0.25) is 0 Å². The molecule has 0 spiro atoms. The Morgan fingerprint density at radius 1 is 0.659 bits per heavy atom. The van der Waals surface area contributed by atoms with Crippen LogP contribution >= 0.6 is 0 Å². The van der Waals surface area contributed by atoms with Crippen LogP contribution in [0.2, 0.25) is 0 Å². The molecule has 44 heavy (non-hydrogen) atoms. The van der Waals surface area contributed by atoms with Crippen LogP contribution in [0.1, 0.15) is 22.6 Å². The lowest BCUT2D eigenvalue weighted by Crippen LogP contribution is -2.28. The molecule has 0 saturated heterocycles. The Balaban J connectivity index is 1.27. The van der Waals surface area contributed by atoms with Crippen LogP contribution in [-0.4, -0.2) is 28.6 Å². The first-order valence-corrected chi connectivity index (χ1v) is 14.8. The topological polar surface area (TPSA) is 56.7 Å². The van der Waals surface area contributed by atoms with Crippen LogP contribution in [-0.2, 0) is 0 Å². The number of nitrogens with one attached hydrogen (secondary N) is 1. The zero-order valence-electron chi connectivity index (χ0n) is 24.0. The lowest BCUT2D eigenvalue weighted by molar-refractivity contribution is 0.745. The van der Waals surface area contributed by atoms with Gasteiger partial charge in [0.15, 0.2) is 11.7 Å². The van der Waals surface area contributed by atoms with Crippen molar-refractivity contribution in [2.75, 3.05) is 4.90 Å². The van der Waals surface area contributed by atoms with Gasteiger partial charge in [-0.2, -0.15) is 0 Å². The Hall–Kier alpha value is -5.81. The molecule has 1 aliphatic heterocycles. The minimum Gasteiger partial charge on any atom is -0.333 e. The van der Waals surface area contributed by atoms with Gasteiger partial charge in [-0.3, -0.25) is 9.98 Å². The molecule has 2 heterocycles. The second kappa shape index (κ2) is 10.8. The summed E-state index contributed by atoms with van der Waals surface area (Å²) in [5, 5.41) is 11.0. The van der Waals surface area contributed by atoms with Crippen LogP contribution in [0.4, 0.5) is 11.4 Å². The highest BCUT2D eigenvalue weighted by atomic mass is 15.2. The zero-order valence-corrected chi connectivity index (χ0v) is 24.0. The number of anilines is 2. The van der Waals surface area contributed by atoms with E-state index in [0.29, 0.717) is 11.8 Å². The fraction of sp³-hybridized carbons (Fsp3) is 0.0513. The Bertz CT molecular complexity index is 2150. The van der Waals surface area contributed by atoms with Gasteiger partial charge in [-0.15, -0.1) is 0 Å². The summed E-state index contributed by atoms with van der Waals surface area (Å²) in [5.41, 5.74) is 7.45. The first-order chi connectivity index (χ1) is 21.8. The van der Waals surface area contributed by atoms with E-state index in [-0.39, 0.29) is 11.9 Å². The number of nitrogens with zero attached hydrogens (tertiary/aromatic N) is 4. The quantitative estimate of drug-likeness (QED) is 0.168. The summed E-state index contributed by atoms with van der Waals surface area (Å²) in [6.45, 7) is 0. The third-order valence-corrected chi connectivity index (χ3v) is 8.52. The van der Waals surface area contributed by atoms with Gasteiger partial charge in [-0.1, -0.05) is 127 Å². The molecule has 210 valence electrons. The normalized spacial score (nSPS) is 17.5. The molecule has 0 saturated carbocycles. The fourth-order valence-electron chi connectivity index (χ4n) is 6.49. The van der Waals surface area contributed by atoms with Gasteiger partial charge >= 0.3 is 0 Å². The van der Waals surface area contributed by atoms with Crippen molar-refractivity contribution in [3.05, 3.63) is 168 Å². The van der Waals surface area contributed by atoms with Crippen molar-refractivity contribution in [2.45, 2.75) is 12.0 Å². The number of allylic oxidation sites excluding steroid dienone is 2. The molecule has 2 atom stereocenters. The van der Waals surface area contributed by atoms with Gasteiger partial charge in [0, 0.05) is 39.2 Å². The van der Waals surface area contributed by atoms with Crippen LogP contribution in [0.5, 0.6) is 0 Å². The summed E-state index contributed by atoms with van der Waals surface area (Å²) in [5.74, 6) is 0.976. The lowest BCUT2D eigenvalue weighted by atomic mass is 9.91. The van der Waals surface area contributed by atoms with E-state index in [2.05, 4.69) is 101 Å². The average molecular weight is 568 g/mol. The second-order valence-corrected chi connectivity index (χ2v) is 11.1. The highest BCUT2D eigenvalue weighted by Gasteiger charge is 2.37. The summed E-state index contributed by atoms with van der Waals surface area (Å²) in [7, 11) is 0. The summed E-state index contributed by atoms with van der Waals surface area (Å²) in [4.78, 5) is 12.1. The minimum atomic E-state index is 0.169. The first-order valence-electron chi connectivity index (χ1n) is 14.8. The predicted octanol–water partition coefficient (Wildman–Crippen LogP) is 8.87. The molecule has 5 heteroatoms. The van der Waals surface area contributed by atoms with Crippen LogP contribution in [0.15, 0.2) is 162 Å². The molecule has 5 aromatic carbocycles. The van der Waals surface area contributed by atoms with Crippen LogP contribution < -0.4 is 4.90 Å². The number of aromatic nitrogens is 1. The number of benzene rings is 5. The van der Waals surface area contributed by atoms with Crippen molar-refractivity contribution in [3.8, 4) is 0 Å². The second-order valence-electron chi connectivity index (χ2n) is 11.1. The lowest BCUT2D eigenvalue weighted by Gasteiger charge is -2.28. The smallest absolute Gasteiger partial charge is 0.163 e. The molecular formula is C39H29N5. The van der Waals surface area contributed by atoms with Crippen LogP contribution in [0, 0.1) is 5.41 Å². The Labute approximate surface area is 256 Å². The number of hydrogen-bond donors (Lipinski definition) is 1. The van der Waals surface area contributed by atoms with Gasteiger partial charge in [0.25, 0.3) is 0 Å². The molecule has 8 rings (SSSR count). The van der Waals surface area contributed by atoms with Gasteiger partial charge in [0.1, 0.15) is 6.34 Å². The summed E-state index contributed by atoms with van der Waals surface area (Å²) in [6.07, 6.45) is 10.8. The summed E-state index contributed by atoms with van der Waals surface area (Å²) in [6, 6.07) is 43.5. The molecule has 0 bridgehead atoms. The Morgan fingerprint density at radius 3 is 2.18 bits per heavy atom. The van der Waals surface area contributed by atoms with E-state index in [9.17, 15) is 0 Å². The third kappa shape index (κ3) is 4.38. The van der Waals surface area contributed by atoms with E-state index in [0.717, 1.165) is 38.6 Å². The van der Waals surface area contributed by atoms with Gasteiger partial charge in [-0.25, -0.2) is 9.98 Å². The van der Waals surface area contributed by atoms with Crippen molar-refractivity contribution >= 4 is 51.2 Å². The van der Waals surface area contributed by atoms with Crippen LogP contribution in [0.3, 0.4) is 0 Å². The zero-order chi connectivity index (χ0) is 29.5. The van der Waals surface area contributed by atoms with Crippen molar-refractivity contribution < 1.29 is 0 Å². The van der Waals surface area contributed by atoms with Gasteiger partial charge in [0.05, 0.1) is 17.1 Å². The maximum atomic E-state index is 8.70. The number of aliphatic imine (C=N–C) groups is 2. The number of fused-ring (bicyclic) bond motifs is 6. The van der Waals surface area contributed by atoms with Gasteiger partial charge < -0.3 is 4.90 Å². The number of hydrogen-bond acceptors (Lipinski definition) is 2. The number of amidine groups is 2. The van der Waals surface area contributed by atoms with Crippen molar-refractivity contribution in [1.29, 1.82) is 5.41 Å². The Morgan fingerprint density at radius 2 is 1.34 bits per heavy atom. The maximum Gasteiger partial charge on any atom is 0.163 e. The highest BCUT2D eigenvalue weighted by Crippen LogP contribution is 2.48. The molecule has 0 amide bonds. The molecule has 1 N–H and O–H groups in total. The largest absolute Gasteiger partial charge is 0.333 e. The SMILES string of the molecule is N=C(/N=C(\N=C\n1c2ccccc2c2ccc(N3c4ccccc4C4C=CC=CC43)cc21)c1ccccc1)c1ccccc1. The highest BCUT2D eigenvalue weighted by molar-refractivity contribution is 6.15. The summed E-state index contributed by atoms with van der Waals surface area (Å²) >= 11 is 0. The molecule has 6 aromatic rings. The molecule has 5 nitrogen and oxygen atoms in total. The monoisotopic (exact) mass is 567 g/mol. The number of para-hydroxylation sites is 2. The van der Waals surface area contributed by atoms with E-state index < -0.39 is 0 Å². The van der Waals surface area contributed by atoms with Gasteiger partial charge in [-0.05, 0) is 29.8 Å². The van der Waals surface area contributed by atoms with Crippen molar-refractivity contribution in [2.24, 2.45) is 9.98 Å². The Kier molecular flexibility index (Phi) is 6.34. The van der Waals surface area contributed by atoms with Crippen molar-refractivity contribution in [3.63, 3.8) is 0 Å². The molecule has 0 radical (unpaired) electrons. The molecule has 1 aliphatic carbocycles. The first kappa shape index (κ1) is 25.9. The minimum absolute atomic E-state index is 0.169. The average Bonchev–Trinajstić information content (AvgIpc) is 3.59. The summed E-state index contributed by atoms with van der Waals surface area (Å²) < 4.78 is 2.15. The number of rotatable bonds is 4. The van der Waals surface area contributed by atoms with E-state index in [1.54, 1.807) is 0 Å². The molecule has 1 aromatic heterocycles. The van der Waals surface area contributed by atoms with E-state index in [1.165, 1.54) is 11.3 Å². The van der Waals surface area contributed by atoms with Crippen LogP contribution in [0.25, 0.3) is 21.8 Å². The fourth-order valence-corrected chi connectivity index (χ4v) is 6.49. The van der Waals surface area contributed by atoms with E-state index in [1.807, 2.05) is 67.0 Å². The predicted molar refractivity (Wildman–Crippen MR) is 183 cm³/mol. The third-order valence-electron chi connectivity index (χ3n) is 8.52.